The lowest BCUT2D eigenvalue weighted by Crippen LogP contribution is -2.07. The van der Waals surface area contributed by atoms with E-state index in [0.29, 0.717) is 5.00 Å². The molecule has 17 heavy (non-hydrogen) atoms. The molecule has 0 amide bonds. The van der Waals surface area contributed by atoms with Crippen LogP contribution in [0.3, 0.4) is 0 Å². The summed E-state index contributed by atoms with van der Waals surface area (Å²) in [4.78, 5) is 14.7. The summed E-state index contributed by atoms with van der Waals surface area (Å²) in [7, 11) is 0. The summed E-state index contributed by atoms with van der Waals surface area (Å²) in [5, 5.41) is 12.7. The molecule has 2 rings (SSSR count). The molecule has 0 aliphatic heterocycles. The summed E-state index contributed by atoms with van der Waals surface area (Å²) < 4.78 is 0. The second-order valence-electron chi connectivity index (χ2n) is 4.12. The van der Waals surface area contributed by atoms with Crippen molar-refractivity contribution in [1.29, 1.82) is 0 Å². The maximum Gasteiger partial charge on any atom is 0.357 e. The molecule has 0 aromatic carbocycles. The third kappa shape index (κ3) is 3.30. The van der Waals surface area contributed by atoms with Gasteiger partial charge in [0.05, 0.1) is 5.51 Å². The minimum Gasteiger partial charge on any atom is -0.476 e. The third-order valence-electron chi connectivity index (χ3n) is 2.89. The largest absolute Gasteiger partial charge is 0.476 e. The van der Waals surface area contributed by atoms with E-state index in [1.54, 1.807) is 5.51 Å². The number of rotatable bonds is 5. The third-order valence-corrected chi connectivity index (χ3v) is 3.67. The number of hydrogen-bond donors (Lipinski definition) is 2. The van der Waals surface area contributed by atoms with Gasteiger partial charge in [0.15, 0.2) is 5.69 Å². The van der Waals surface area contributed by atoms with E-state index in [0.717, 1.165) is 13.0 Å². The molecule has 0 saturated heterocycles. The van der Waals surface area contributed by atoms with E-state index in [9.17, 15) is 4.79 Å². The zero-order valence-corrected chi connectivity index (χ0v) is 10.4. The SMILES string of the molecule is O=C(O)c1ncsc1NCCC1=CCCCC1. The Balaban J connectivity index is 1.83. The van der Waals surface area contributed by atoms with E-state index < -0.39 is 5.97 Å². The first-order valence-electron chi connectivity index (χ1n) is 5.86. The Labute approximate surface area is 104 Å². The first kappa shape index (κ1) is 12.1. The fourth-order valence-electron chi connectivity index (χ4n) is 1.99. The van der Waals surface area contributed by atoms with Gasteiger partial charge in [-0.3, -0.25) is 0 Å². The van der Waals surface area contributed by atoms with Crippen LogP contribution in [0.1, 0.15) is 42.6 Å². The maximum atomic E-state index is 10.8. The van der Waals surface area contributed by atoms with Crippen molar-refractivity contribution in [2.75, 3.05) is 11.9 Å². The molecule has 1 aromatic rings. The van der Waals surface area contributed by atoms with Crippen molar-refractivity contribution in [2.24, 2.45) is 0 Å². The Morgan fingerprint density at radius 3 is 3.12 bits per heavy atom. The molecular formula is C12H16N2O2S. The molecule has 0 saturated carbocycles. The molecule has 92 valence electrons. The smallest absolute Gasteiger partial charge is 0.357 e. The van der Waals surface area contributed by atoms with Gasteiger partial charge in [0, 0.05) is 6.54 Å². The van der Waals surface area contributed by atoms with Crippen LogP contribution in [0, 0.1) is 0 Å². The normalized spacial score (nSPS) is 15.4. The van der Waals surface area contributed by atoms with E-state index in [-0.39, 0.29) is 5.69 Å². The van der Waals surface area contributed by atoms with Crippen LogP contribution in [0.2, 0.25) is 0 Å². The van der Waals surface area contributed by atoms with E-state index in [1.165, 1.54) is 42.6 Å². The number of allylic oxidation sites excluding steroid dienone is 1. The van der Waals surface area contributed by atoms with Gasteiger partial charge in [-0.25, -0.2) is 9.78 Å². The molecule has 2 N–H and O–H groups in total. The van der Waals surface area contributed by atoms with Crippen LogP contribution in [0.5, 0.6) is 0 Å². The highest BCUT2D eigenvalue weighted by Gasteiger charge is 2.13. The quantitative estimate of drug-likeness (QED) is 0.790. The van der Waals surface area contributed by atoms with E-state index in [4.69, 9.17) is 5.11 Å². The molecule has 0 unspecified atom stereocenters. The Morgan fingerprint density at radius 2 is 2.41 bits per heavy atom. The van der Waals surface area contributed by atoms with Crippen molar-refractivity contribution in [2.45, 2.75) is 32.1 Å². The van der Waals surface area contributed by atoms with Gasteiger partial charge in [-0.2, -0.15) is 0 Å². The van der Waals surface area contributed by atoms with Crippen molar-refractivity contribution in [1.82, 2.24) is 4.98 Å². The van der Waals surface area contributed by atoms with Gasteiger partial charge in [-0.05, 0) is 32.1 Å². The number of anilines is 1. The summed E-state index contributed by atoms with van der Waals surface area (Å²) in [5.74, 6) is -0.967. The highest BCUT2D eigenvalue weighted by Crippen LogP contribution is 2.22. The van der Waals surface area contributed by atoms with Crippen LogP contribution in [0.25, 0.3) is 0 Å². The predicted octanol–water partition coefficient (Wildman–Crippen LogP) is 3.14. The molecule has 4 nitrogen and oxygen atoms in total. The highest BCUT2D eigenvalue weighted by molar-refractivity contribution is 7.14. The van der Waals surface area contributed by atoms with Gasteiger partial charge in [0.25, 0.3) is 0 Å². The second kappa shape index (κ2) is 5.82. The van der Waals surface area contributed by atoms with Crippen LogP contribution in [0.4, 0.5) is 5.00 Å². The lowest BCUT2D eigenvalue weighted by molar-refractivity contribution is 0.0692. The van der Waals surface area contributed by atoms with Crippen molar-refractivity contribution in [3.05, 3.63) is 22.9 Å². The average Bonchev–Trinajstić information content (AvgIpc) is 2.79. The fraction of sp³-hybridized carbons (Fsp3) is 0.500. The molecular weight excluding hydrogens is 236 g/mol. The van der Waals surface area contributed by atoms with Gasteiger partial charge in [-0.1, -0.05) is 11.6 Å². The molecule has 1 aliphatic rings. The van der Waals surface area contributed by atoms with E-state index >= 15 is 0 Å². The summed E-state index contributed by atoms with van der Waals surface area (Å²) in [6, 6.07) is 0. The topological polar surface area (TPSA) is 62.2 Å². The zero-order valence-electron chi connectivity index (χ0n) is 9.61. The standard InChI is InChI=1S/C12H16N2O2S/c15-12(16)10-11(17-8-14-10)13-7-6-9-4-2-1-3-5-9/h4,8,13H,1-3,5-7H2,(H,15,16). The number of carboxylic acids is 1. The Hall–Kier alpha value is -1.36. The fourth-order valence-corrected chi connectivity index (χ4v) is 2.69. The predicted molar refractivity (Wildman–Crippen MR) is 68.7 cm³/mol. The molecule has 0 radical (unpaired) electrons. The van der Waals surface area contributed by atoms with Crippen LogP contribution < -0.4 is 5.32 Å². The van der Waals surface area contributed by atoms with E-state index in [2.05, 4.69) is 16.4 Å². The maximum absolute atomic E-state index is 10.8. The number of thiazole rings is 1. The highest BCUT2D eigenvalue weighted by atomic mass is 32.1. The van der Waals surface area contributed by atoms with Crippen LogP contribution >= 0.6 is 11.3 Å². The number of carbonyl (C=O) groups is 1. The Morgan fingerprint density at radius 1 is 1.53 bits per heavy atom. The minimum absolute atomic E-state index is 0.132. The first-order valence-corrected chi connectivity index (χ1v) is 6.74. The number of nitrogens with one attached hydrogen (secondary N) is 1. The lowest BCUT2D eigenvalue weighted by Gasteiger charge is -2.12. The number of hydrogen-bond acceptors (Lipinski definition) is 4. The molecule has 5 heteroatoms. The van der Waals surface area contributed by atoms with Crippen LogP contribution in [-0.2, 0) is 0 Å². The van der Waals surface area contributed by atoms with E-state index in [1.807, 2.05) is 0 Å². The number of nitrogens with zero attached hydrogens (tertiary/aromatic N) is 1. The van der Waals surface area contributed by atoms with Crippen molar-refractivity contribution in [3.63, 3.8) is 0 Å². The van der Waals surface area contributed by atoms with Crippen molar-refractivity contribution in [3.8, 4) is 0 Å². The molecule has 0 bridgehead atoms. The zero-order chi connectivity index (χ0) is 12.1. The van der Waals surface area contributed by atoms with Crippen LogP contribution in [-0.4, -0.2) is 22.6 Å². The lowest BCUT2D eigenvalue weighted by atomic mass is 9.97. The van der Waals surface area contributed by atoms with Gasteiger partial charge < -0.3 is 10.4 Å². The summed E-state index contributed by atoms with van der Waals surface area (Å²) >= 11 is 1.34. The van der Waals surface area contributed by atoms with Crippen molar-refractivity contribution < 1.29 is 9.90 Å². The van der Waals surface area contributed by atoms with Gasteiger partial charge in [-0.15, -0.1) is 11.3 Å². The number of carboxylic acid groups (broad SMARTS) is 1. The first-order chi connectivity index (χ1) is 8.27. The van der Waals surface area contributed by atoms with Gasteiger partial charge >= 0.3 is 5.97 Å². The Bertz CT molecular complexity index is 426. The van der Waals surface area contributed by atoms with Gasteiger partial charge in [0.1, 0.15) is 5.00 Å². The molecule has 0 atom stereocenters. The average molecular weight is 252 g/mol. The molecule has 1 aromatic heterocycles. The second-order valence-corrected chi connectivity index (χ2v) is 4.97. The molecule has 1 heterocycles. The summed E-state index contributed by atoms with van der Waals surface area (Å²) in [6.07, 6.45) is 8.28. The molecule has 1 aliphatic carbocycles. The molecule has 0 spiro atoms. The molecule has 0 fully saturated rings. The van der Waals surface area contributed by atoms with Crippen molar-refractivity contribution >= 4 is 22.3 Å². The summed E-state index contributed by atoms with van der Waals surface area (Å²) in [6.45, 7) is 0.786. The number of aromatic carboxylic acids is 1. The Kier molecular flexibility index (Phi) is 4.14. The van der Waals surface area contributed by atoms with Crippen LogP contribution in [0.15, 0.2) is 17.2 Å². The monoisotopic (exact) mass is 252 g/mol. The minimum atomic E-state index is -0.967. The summed E-state index contributed by atoms with van der Waals surface area (Å²) in [5.41, 5.74) is 3.18. The number of aromatic nitrogens is 1. The van der Waals surface area contributed by atoms with Gasteiger partial charge in [0.2, 0.25) is 0 Å².